The van der Waals surface area contributed by atoms with E-state index < -0.39 is 0 Å². The van der Waals surface area contributed by atoms with E-state index in [-0.39, 0.29) is 11.2 Å². The molecule has 106 valence electrons. The van der Waals surface area contributed by atoms with E-state index in [0.29, 0.717) is 10.9 Å². The molecule has 0 N–H and O–H groups in total. The number of ketones is 1. The number of hydrogen-bond donors (Lipinski definition) is 0. The van der Waals surface area contributed by atoms with Gasteiger partial charge in [-0.1, -0.05) is 44.7 Å². The molecule has 0 radical (unpaired) electrons. The van der Waals surface area contributed by atoms with Crippen molar-refractivity contribution in [1.29, 1.82) is 0 Å². The van der Waals surface area contributed by atoms with Crippen molar-refractivity contribution in [3.05, 3.63) is 29.8 Å². The first-order chi connectivity index (χ1) is 9.38. The van der Waals surface area contributed by atoms with Crippen LogP contribution >= 0.6 is 11.8 Å². The molecule has 1 aromatic carbocycles. The number of benzene rings is 1. The van der Waals surface area contributed by atoms with Crippen LogP contribution in [0.3, 0.4) is 0 Å². The van der Waals surface area contributed by atoms with Gasteiger partial charge in [-0.25, -0.2) is 0 Å². The summed E-state index contributed by atoms with van der Waals surface area (Å²) in [4.78, 5) is 12.0. The van der Waals surface area contributed by atoms with E-state index in [1.54, 1.807) is 4.68 Å². The Kier molecular flexibility index (Phi) is 4.23. The monoisotopic (exact) mass is 290 g/mol. The van der Waals surface area contributed by atoms with Crippen molar-refractivity contribution in [1.82, 2.24) is 20.2 Å². The number of hydrogen-bond acceptors (Lipinski definition) is 5. The predicted molar refractivity (Wildman–Crippen MR) is 79.1 cm³/mol. The molecule has 6 heteroatoms. The van der Waals surface area contributed by atoms with Crippen molar-refractivity contribution in [3.8, 4) is 5.69 Å². The summed E-state index contributed by atoms with van der Waals surface area (Å²) in [5.74, 6) is 0.552. The van der Waals surface area contributed by atoms with Crippen molar-refractivity contribution in [2.24, 2.45) is 5.41 Å². The second-order valence-electron chi connectivity index (χ2n) is 5.67. The van der Waals surface area contributed by atoms with Crippen molar-refractivity contribution >= 4 is 17.5 Å². The first-order valence-electron chi connectivity index (χ1n) is 6.39. The van der Waals surface area contributed by atoms with E-state index in [4.69, 9.17) is 0 Å². The Morgan fingerprint density at radius 3 is 2.75 bits per heavy atom. The van der Waals surface area contributed by atoms with E-state index in [0.717, 1.165) is 11.3 Å². The highest BCUT2D eigenvalue weighted by atomic mass is 32.2. The molecular formula is C14H18N4OS. The van der Waals surface area contributed by atoms with Crippen LogP contribution in [-0.2, 0) is 4.79 Å². The number of Topliss-reactive ketones (excluding diaryl/α,β-unsaturated/α-hetero) is 1. The number of thioether (sulfide) groups is 1. The Bertz CT molecular complexity index is 616. The van der Waals surface area contributed by atoms with Crippen LogP contribution in [0.2, 0.25) is 0 Å². The van der Waals surface area contributed by atoms with Crippen molar-refractivity contribution in [2.45, 2.75) is 32.9 Å². The zero-order valence-corrected chi connectivity index (χ0v) is 12.9. The van der Waals surface area contributed by atoms with Gasteiger partial charge in [-0.15, -0.1) is 5.10 Å². The highest BCUT2D eigenvalue weighted by molar-refractivity contribution is 7.99. The molecule has 0 spiro atoms. The molecule has 1 aromatic heterocycles. The number of tetrazole rings is 1. The number of aryl methyl sites for hydroxylation is 1. The van der Waals surface area contributed by atoms with Gasteiger partial charge in [0.2, 0.25) is 5.16 Å². The van der Waals surface area contributed by atoms with Crippen LogP contribution in [0.25, 0.3) is 5.69 Å². The van der Waals surface area contributed by atoms with Gasteiger partial charge in [0.1, 0.15) is 5.78 Å². The molecule has 0 aliphatic heterocycles. The molecule has 0 fully saturated rings. The average Bonchev–Trinajstić information content (AvgIpc) is 2.83. The zero-order valence-electron chi connectivity index (χ0n) is 12.1. The summed E-state index contributed by atoms with van der Waals surface area (Å²) in [6.45, 7) is 7.77. The van der Waals surface area contributed by atoms with Crippen LogP contribution in [0.15, 0.2) is 29.4 Å². The van der Waals surface area contributed by atoms with Crippen LogP contribution in [0.1, 0.15) is 26.3 Å². The van der Waals surface area contributed by atoms with E-state index in [2.05, 4.69) is 15.5 Å². The smallest absolute Gasteiger partial charge is 0.214 e. The van der Waals surface area contributed by atoms with Crippen LogP contribution in [0.5, 0.6) is 0 Å². The van der Waals surface area contributed by atoms with Gasteiger partial charge in [-0.2, -0.15) is 4.68 Å². The molecule has 0 atom stereocenters. The third-order valence-corrected chi connectivity index (χ3v) is 3.78. The fraction of sp³-hybridized carbons (Fsp3) is 0.429. The third-order valence-electron chi connectivity index (χ3n) is 2.86. The zero-order chi connectivity index (χ0) is 14.8. The molecule has 0 unspecified atom stereocenters. The van der Waals surface area contributed by atoms with E-state index in [9.17, 15) is 4.79 Å². The van der Waals surface area contributed by atoms with E-state index in [1.807, 2.05) is 52.0 Å². The molecule has 0 aliphatic rings. The number of carbonyl (C=O) groups is 1. The lowest BCUT2D eigenvalue weighted by Gasteiger charge is -2.15. The van der Waals surface area contributed by atoms with Gasteiger partial charge < -0.3 is 0 Å². The second-order valence-corrected chi connectivity index (χ2v) is 6.62. The number of carbonyl (C=O) groups excluding carboxylic acids is 1. The van der Waals surface area contributed by atoms with E-state index >= 15 is 0 Å². The minimum absolute atomic E-state index is 0.182. The number of nitrogens with zero attached hydrogens (tertiary/aromatic N) is 4. The minimum atomic E-state index is -0.339. The average molecular weight is 290 g/mol. The maximum Gasteiger partial charge on any atom is 0.214 e. The Morgan fingerprint density at radius 1 is 1.35 bits per heavy atom. The molecule has 0 amide bonds. The third kappa shape index (κ3) is 3.45. The Hall–Kier alpha value is -1.69. The van der Waals surface area contributed by atoms with Gasteiger partial charge in [-0.05, 0) is 35.0 Å². The number of rotatable bonds is 4. The molecule has 0 bridgehead atoms. The first-order valence-corrected chi connectivity index (χ1v) is 7.38. The van der Waals surface area contributed by atoms with Crippen LogP contribution in [-0.4, -0.2) is 31.7 Å². The lowest BCUT2D eigenvalue weighted by Crippen LogP contribution is -2.22. The SMILES string of the molecule is Cc1cccc(-n2nnnc2SCC(=O)C(C)(C)C)c1. The van der Waals surface area contributed by atoms with Crippen molar-refractivity contribution in [2.75, 3.05) is 5.75 Å². The molecular weight excluding hydrogens is 272 g/mol. The summed E-state index contributed by atoms with van der Waals surface area (Å²) in [7, 11) is 0. The van der Waals surface area contributed by atoms with Gasteiger partial charge >= 0.3 is 0 Å². The Morgan fingerprint density at radius 2 is 2.10 bits per heavy atom. The van der Waals surface area contributed by atoms with Crippen LogP contribution in [0.4, 0.5) is 0 Å². The second kappa shape index (κ2) is 5.75. The lowest BCUT2D eigenvalue weighted by atomic mass is 9.92. The standard InChI is InChI=1S/C14H18N4OS/c1-10-6-5-7-11(8-10)18-13(15-16-17-18)20-9-12(19)14(2,3)4/h5-8H,9H2,1-4H3. The largest absolute Gasteiger partial charge is 0.298 e. The highest BCUT2D eigenvalue weighted by Gasteiger charge is 2.22. The molecule has 0 saturated heterocycles. The van der Waals surface area contributed by atoms with Gasteiger partial charge in [0.25, 0.3) is 0 Å². The lowest BCUT2D eigenvalue weighted by molar-refractivity contribution is -0.123. The first kappa shape index (κ1) is 14.7. The van der Waals surface area contributed by atoms with Crippen LogP contribution in [0, 0.1) is 12.3 Å². The van der Waals surface area contributed by atoms with Crippen LogP contribution < -0.4 is 0 Å². The minimum Gasteiger partial charge on any atom is -0.298 e. The molecule has 0 aliphatic carbocycles. The quantitative estimate of drug-likeness (QED) is 0.810. The summed E-state index contributed by atoms with van der Waals surface area (Å²) in [5, 5.41) is 12.3. The fourth-order valence-corrected chi connectivity index (χ4v) is 2.59. The van der Waals surface area contributed by atoms with Crippen molar-refractivity contribution < 1.29 is 4.79 Å². The summed E-state index contributed by atoms with van der Waals surface area (Å²) in [6, 6.07) is 7.93. The molecule has 0 saturated carbocycles. The van der Waals surface area contributed by atoms with Gasteiger partial charge in [0.05, 0.1) is 11.4 Å². The van der Waals surface area contributed by atoms with Gasteiger partial charge in [0, 0.05) is 5.41 Å². The summed E-state index contributed by atoms with van der Waals surface area (Å²) >= 11 is 1.37. The molecule has 1 heterocycles. The maximum atomic E-state index is 12.0. The summed E-state index contributed by atoms with van der Waals surface area (Å²) in [6.07, 6.45) is 0. The predicted octanol–water partition coefficient (Wildman–Crippen LogP) is 2.68. The Balaban J connectivity index is 2.16. The topological polar surface area (TPSA) is 60.7 Å². The number of aromatic nitrogens is 4. The van der Waals surface area contributed by atoms with E-state index in [1.165, 1.54) is 11.8 Å². The summed E-state index contributed by atoms with van der Waals surface area (Å²) < 4.78 is 1.66. The van der Waals surface area contributed by atoms with Crippen molar-refractivity contribution in [3.63, 3.8) is 0 Å². The van der Waals surface area contributed by atoms with Gasteiger partial charge in [0.15, 0.2) is 0 Å². The van der Waals surface area contributed by atoms with Gasteiger partial charge in [-0.3, -0.25) is 4.79 Å². The summed E-state index contributed by atoms with van der Waals surface area (Å²) in [5.41, 5.74) is 1.70. The normalized spacial score (nSPS) is 11.6. The molecule has 2 aromatic rings. The molecule has 2 rings (SSSR count). The maximum absolute atomic E-state index is 12.0. The highest BCUT2D eigenvalue weighted by Crippen LogP contribution is 2.23. The Labute approximate surface area is 122 Å². The molecule has 20 heavy (non-hydrogen) atoms. The fourth-order valence-electron chi connectivity index (χ4n) is 1.54. The molecule has 5 nitrogen and oxygen atoms in total.